The largest absolute Gasteiger partial charge is 0.321 e. The lowest BCUT2D eigenvalue weighted by Crippen LogP contribution is -2.26. The summed E-state index contributed by atoms with van der Waals surface area (Å²) in [5, 5.41) is 5.56. The Morgan fingerprint density at radius 3 is 1.25 bits per heavy atom. The fraction of sp³-hybridized carbons (Fsp3) is 0.0667. The highest BCUT2D eigenvalue weighted by Crippen LogP contribution is 2.35. The number of rotatable bonds is 4. The Morgan fingerprint density at radius 1 is 0.528 bits per heavy atom. The van der Waals surface area contributed by atoms with Crippen molar-refractivity contribution in [2.24, 2.45) is 0 Å². The maximum Gasteiger partial charge on any atom is 0.255 e. The number of ketones is 2. The van der Waals surface area contributed by atoms with Gasteiger partial charge in [0.2, 0.25) is 0 Å². The van der Waals surface area contributed by atoms with Gasteiger partial charge in [0.25, 0.3) is 11.8 Å². The van der Waals surface area contributed by atoms with Crippen molar-refractivity contribution in [2.75, 3.05) is 10.6 Å². The maximum atomic E-state index is 13.6. The van der Waals surface area contributed by atoms with Crippen LogP contribution in [0, 0.1) is 13.8 Å². The van der Waals surface area contributed by atoms with Crippen LogP contribution >= 0.6 is 0 Å². The Labute approximate surface area is 208 Å². The number of fused-ring (bicyclic) bond motifs is 2. The molecular formula is C30H22N2O4. The third-order valence-corrected chi connectivity index (χ3v) is 6.20. The zero-order chi connectivity index (χ0) is 25.4. The van der Waals surface area contributed by atoms with Crippen LogP contribution in [0.3, 0.4) is 0 Å². The molecule has 0 bridgehead atoms. The number of carbonyl (C=O) groups excluding carboxylic acids is 4. The molecule has 0 radical (unpaired) electrons. The van der Waals surface area contributed by atoms with Gasteiger partial charge in [0, 0.05) is 22.3 Å². The first-order valence-corrected chi connectivity index (χ1v) is 11.4. The second-order valence-corrected chi connectivity index (χ2v) is 8.75. The van der Waals surface area contributed by atoms with Crippen LogP contribution in [0.2, 0.25) is 0 Å². The molecule has 0 heterocycles. The Hall–Kier alpha value is -4.84. The number of amides is 2. The minimum Gasteiger partial charge on any atom is -0.321 e. The van der Waals surface area contributed by atoms with Crippen LogP contribution in [0.25, 0.3) is 0 Å². The minimum absolute atomic E-state index is 0.137. The van der Waals surface area contributed by atoms with Gasteiger partial charge in [-0.25, -0.2) is 0 Å². The van der Waals surface area contributed by atoms with Crippen molar-refractivity contribution in [3.63, 3.8) is 0 Å². The normalized spacial score (nSPS) is 11.9. The van der Waals surface area contributed by atoms with Gasteiger partial charge in [0.05, 0.1) is 22.5 Å². The molecule has 0 saturated carbocycles. The molecule has 1 aliphatic rings. The molecule has 176 valence electrons. The fourth-order valence-electron chi connectivity index (χ4n) is 4.25. The van der Waals surface area contributed by atoms with Gasteiger partial charge >= 0.3 is 0 Å². The van der Waals surface area contributed by atoms with Crippen LogP contribution < -0.4 is 10.6 Å². The number of hydrogen-bond acceptors (Lipinski definition) is 4. The van der Waals surface area contributed by atoms with E-state index in [2.05, 4.69) is 10.6 Å². The summed E-state index contributed by atoms with van der Waals surface area (Å²) >= 11 is 0. The molecule has 0 fully saturated rings. The third kappa shape index (κ3) is 4.09. The molecule has 6 nitrogen and oxygen atoms in total. The highest BCUT2D eigenvalue weighted by atomic mass is 16.2. The average Bonchev–Trinajstić information content (AvgIpc) is 2.88. The van der Waals surface area contributed by atoms with Crippen molar-refractivity contribution in [3.05, 3.63) is 129 Å². The van der Waals surface area contributed by atoms with Gasteiger partial charge in [0.15, 0.2) is 11.6 Å². The highest BCUT2D eigenvalue weighted by Gasteiger charge is 2.34. The lowest BCUT2D eigenvalue weighted by molar-refractivity contribution is 0.0977. The summed E-state index contributed by atoms with van der Waals surface area (Å²) in [5.74, 6) is -1.56. The highest BCUT2D eigenvalue weighted by molar-refractivity contribution is 6.32. The van der Waals surface area contributed by atoms with Crippen LogP contribution in [0.1, 0.15) is 63.7 Å². The number of benzene rings is 4. The van der Waals surface area contributed by atoms with E-state index in [0.29, 0.717) is 11.1 Å². The van der Waals surface area contributed by atoms with E-state index in [-0.39, 0.29) is 45.4 Å². The first kappa shape index (κ1) is 22.9. The molecule has 1 aliphatic carbocycles. The van der Waals surface area contributed by atoms with Crippen molar-refractivity contribution < 1.29 is 19.2 Å². The summed E-state index contributed by atoms with van der Waals surface area (Å²) in [6.07, 6.45) is 0. The second kappa shape index (κ2) is 9.07. The number of hydrogen-bond donors (Lipinski definition) is 2. The SMILES string of the molecule is Cc1ccc(C(=O)Nc2cccc3c2C(=O)c2cccc(NC(=O)c4ccc(C)cc4)c2C3=O)cc1. The van der Waals surface area contributed by atoms with E-state index in [1.165, 1.54) is 0 Å². The molecular weight excluding hydrogens is 452 g/mol. The zero-order valence-corrected chi connectivity index (χ0v) is 19.7. The van der Waals surface area contributed by atoms with Gasteiger partial charge < -0.3 is 10.6 Å². The molecule has 0 unspecified atom stereocenters. The summed E-state index contributed by atoms with van der Waals surface area (Å²) in [5.41, 5.74) is 4.06. The van der Waals surface area contributed by atoms with Crippen molar-refractivity contribution in [3.8, 4) is 0 Å². The molecule has 4 aromatic rings. The quantitative estimate of drug-likeness (QED) is 0.356. The van der Waals surface area contributed by atoms with E-state index in [1.807, 2.05) is 38.1 Å². The summed E-state index contributed by atoms with van der Waals surface area (Å²) < 4.78 is 0. The predicted octanol–water partition coefficient (Wildman–Crippen LogP) is 5.58. The van der Waals surface area contributed by atoms with Crippen molar-refractivity contribution in [2.45, 2.75) is 13.8 Å². The van der Waals surface area contributed by atoms with Gasteiger partial charge in [-0.3, -0.25) is 19.2 Å². The van der Waals surface area contributed by atoms with E-state index in [4.69, 9.17) is 0 Å². The third-order valence-electron chi connectivity index (χ3n) is 6.20. The molecule has 0 saturated heterocycles. The predicted molar refractivity (Wildman–Crippen MR) is 138 cm³/mol. The Kier molecular flexibility index (Phi) is 5.78. The topological polar surface area (TPSA) is 92.3 Å². The standard InChI is InChI=1S/C30H22N2O4/c1-17-9-13-19(14-10-17)29(35)31-23-7-3-5-21-25(23)27(33)22-6-4-8-24(26(22)28(21)34)32-30(36)20-15-11-18(2)12-16-20/h3-16H,1-2H3,(H,31,35)(H,32,36). The van der Waals surface area contributed by atoms with Crippen molar-refractivity contribution in [1.29, 1.82) is 0 Å². The molecule has 0 aliphatic heterocycles. The number of carbonyl (C=O) groups is 4. The van der Waals surface area contributed by atoms with Gasteiger partial charge in [0.1, 0.15) is 0 Å². The van der Waals surface area contributed by atoms with Gasteiger partial charge in [-0.05, 0) is 50.2 Å². The number of anilines is 2. The van der Waals surface area contributed by atoms with Crippen LogP contribution in [-0.2, 0) is 0 Å². The van der Waals surface area contributed by atoms with E-state index in [0.717, 1.165) is 11.1 Å². The molecule has 5 rings (SSSR count). The smallest absolute Gasteiger partial charge is 0.255 e. The van der Waals surface area contributed by atoms with Gasteiger partial charge in [-0.1, -0.05) is 59.7 Å². The van der Waals surface area contributed by atoms with Crippen LogP contribution in [-0.4, -0.2) is 23.4 Å². The molecule has 0 aromatic heterocycles. The first-order chi connectivity index (χ1) is 17.3. The molecule has 2 amide bonds. The lowest BCUT2D eigenvalue weighted by atomic mass is 9.82. The average molecular weight is 475 g/mol. The Bertz CT molecular complexity index is 1430. The van der Waals surface area contributed by atoms with E-state index in [1.54, 1.807) is 60.7 Å². The number of aryl methyl sites for hydroxylation is 2. The van der Waals surface area contributed by atoms with E-state index in [9.17, 15) is 19.2 Å². The molecule has 6 heteroatoms. The summed E-state index contributed by atoms with van der Waals surface area (Å²) in [4.78, 5) is 52.8. The molecule has 4 aromatic carbocycles. The van der Waals surface area contributed by atoms with Gasteiger partial charge in [-0.15, -0.1) is 0 Å². The molecule has 0 atom stereocenters. The van der Waals surface area contributed by atoms with Crippen LogP contribution in [0.4, 0.5) is 11.4 Å². The van der Waals surface area contributed by atoms with E-state index >= 15 is 0 Å². The summed E-state index contributed by atoms with van der Waals surface area (Å²) in [6, 6.07) is 23.7. The second-order valence-electron chi connectivity index (χ2n) is 8.75. The first-order valence-electron chi connectivity index (χ1n) is 11.4. The lowest BCUT2D eigenvalue weighted by Gasteiger charge is -2.22. The summed E-state index contributed by atoms with van der Waals surface area (Å²) in [7, 11) is 0. The monoisotopic (exact) mass is 474 g/mol. The Balaban J connectivity index is 1.49. The van der Waals surface area contributed by atoms with Crippen LogP contribution in [0.15, 0.2) is 84.9 Å². The number of nitrogens with one attached hydrogen (secondary N) is 2. The fourth-order valence-corrected chi connectivity index (χ4v) is 4.25. The maximum absolute atomic E-state index is 13.6. The summed E-state index contributed by atoms with van der Waals surface area (Å²) in [6.45, 7) is 3.85. The minimum atomic E-state index is -0.397. The zero-order valence-electron chi connectivity index (χ0n) is 19.7. The van der Waals surface area contributed by atoms with E-state index < -0.39 is 11.6 Å². The molecule has 0 spiro atoms. The molecule has 36 heavy (non-hydrogen) atoms. The van der Waals surface area contributed by atoms with Crippen molar-refractivity contribution >= 4 is 34.8 Å². The van der Waals surface area contributed by atoms with Crippen molar-refractivity contribution in [1.82, 2.24) is 0 Å². The van der Waals surface area contributed by atoms with Crippen LogP contribution in [0.5, 0.6) is 0 Å². The molecule has 2 N–H and O–H groups in total. The van der Waals surface area contributed by atoms with Gasteiger partial charge in [-0.2, -0.15) is 0 Å². The Morgan fingerprint density at radius 2 is 0.889 bits per heavy atom.